The Kier molecular flexibility index (Phi) is 5.08. The molecule has 0 saturated heterocycles. The first-order valence-corrected chi connectivity index (χ1v) is 6.75. The minimum Gasteiger partial charge on any atom is -0.446 e. The number of benzene rings is 1. The molecule has 0 bridgehead atoms. The molecule has 0 aliphatic rings. The Morgan fingerprint density at radius 1 is 1.43 bits per heavy atom. The third kappa shape index (κ3) is 4.14. The van der Waals surface area contributed by atoms with Crippen molar-refractivity contribution in [2.45, 2.75) is 19.4 Å². The molecule has 21 heavy (non-hydrogen) atoms. The SMILES string of the molecule is Cc1ccc(CCNC(=O)c2coc(C(N)CO)n2)cc1. The highest BCUT2D eigenvalue weighted by Gasteiger charge is 2.15. The lowest BCUT2D eigenvalue weighted by Gasteiger charge is -2.04. The molecule has 1 unspecified atom stereocenters. The first kappa shape index (κ1) is 15.2. The van der Waals surface area contributed by atoms with E-state index in [9.17, 15) is 4.79 Å². The molecule has 112 valence electrons. The maximum absolute atomic E-state index is 11.9. The van der Waals surface area contributed by atoms with Crippen LogP contribution in [0.4, 0.5) is 0 Å². The minimum atomic E-state index is -0.709. The fourth-order valence-electron chi connectivity index (χ4n) is 1.81. The number of carbonyl (C=O) groups is 1. The van der Waals surface area contributed by atoms with E-state index in [1.54, 1.807) is 0 Å². The van der Waals surface area contributed by atoms with Crippen LogP contribution in [-0.2, 0) is 6.42 Å². The molecular formula is C15H19N3O3. The van der Waals surface area contributed by atoms with Crippen molar-refractivity contribution in [3.63, 3.8) is 0 Å². The number of rotatable bonds is 6. The van der Waals surface area contributed by atoms with E-state index in [1.807, 2.05) is 31.2 Å². The van der Waals surface area contributed by atoms with E-state index in [2.05, 4.69) is 10.3 Å². The van der Waals surface area contributed by atoms with Gasteiger partial charge in [-0.1, -0.05) is 29.8 Å². The Morgan fingerprint density at radius 2 is 2.14 bits per heavy atom. The van der Waals surface area contributed by atoms with Crippen LogP contribution in [0.5, 0.6) is 0 Å². The van der Waals surface area contributed by atoms with Gasteiger partial charge < -0.3 is 20.6 Å². The fourth-order valence-corrected chi connectivity index (χ4v) is 1.81. The van der Waals surface area contributed by atoms with E-state index in [0.717, 1.165) is 12.0 Å². The van der Waals surface area contributed by atoms with Crippen LogP contribution in [-0.4, -0.2) is 29.1 Å². The maximum Gasteiger partial charge on any atom is 0.273 e. The number of hydrogen-bond acceptors (Lipinski definition) is 5. The first-order chi connectivity index (χ1) is 10.1. The Labute approximate surface area is 123 Å². The molecule has 1 aromatic carbocycles. The Balaban J connectivity index is 1.84. The number of nitrogens with one attached hydrogen (secondary N) is 1. The second kappa shape index (κ2) is 7.01. The summed E-state index contributed by atoms with van der Waals surface area (Å²) in [5.41, 5.74) is 8.09. The van der Waals surface area contributed by atoms with E-state index in [0.29, 0.717) is 6.54 Å². The van der Waals surface area contributed by atoms with Gasteiger partial charge in [-0.3, -0.25) is 4.79 Å². The van der Waals surface area contributed by atoms with Gasteiger partial charge in [0.25, 0.3) is 5.91 Å². The van der Waals surface area contributed by atoms with E-state index in [1.165, 1.54) is 11.8 Å². The topological polar surface area (TPSA) is 101 Å². The number of nitrogens with zero attached hydrogens (tertiary/aromatic N) is 1. The van der Waals surface area contributed by atoms with Gasteiger partial charge in [0, 0.05) is 6.54 Å². The average molecular weight is 289 g/mol. The predicted octanol–water partition coefficient (Wildman–Crippen LogP) is 0.948. The van der Waals surface area contributed by atoms with Gasteiger partial charge in [0.05, 0.1) is 6.61 Å². The molecule has 0 radical (unpaired) electrons. The van der Waals surface area contributed by atoms with E-state index < -0.39 is 6.04 Å². The molecule has 1 heterocycles. The highest BCUT2D eigenvalue weighted by Crippen LogP contribution is 2.09. The summed E-state index contributed by atoms with van der Waals surface area (Å²) in [5, 5.41) is 11.7. The highest BCUT2D eigenvalue weighted by atomic mass is 16.3. The largest absolute Gasteiger partial charge is 0.446 e. The number of carbonyl (C=O) groups excluding carboxylic acids is 1. The number of amides is 1. The monoisotopic (exact) mass is 289 g/mol. The Morgan fingerprint density at radius 3 is 2.81 bits per heavy atom. The molecule has 1 aromatic heterocycles. The minimum absolute atomic E-state index is 0.154. The van der Waals surface area contributed by atoms with Crippen molar-refractivity contribution in [1.29, 1.82) is 0 Å². The van der Waals surface area contributed by atoms with Gasteiger partial charge in [0.15, 0.2) is 5.69 Å². The predicted molar refractivity (Wildman–Crippen MR) is 77.7 cm³/mol. The van der Waals surface area contributed by atoms with Crippen LogP contribution >= 0.6 is 0 Å². The number of nitrogens with two attached hydrogens (primary N) is 1. The molecule has 0 saturated carbocycles. The Bertz CT molecular complexity index is 592. The smallest absolute Gasteiger partial charge is 0.273 e. The van der Waals surface area contributed by atoms with Gasteiger partial charge in [0.1, 0.15) is 12.3 Å². The quantitative estimate of drug-likeness (QED) is 0.735. The summed E-state index contributed by atoms with van der Waals surface area (Å²) < 4.78 is 5.06. The van der Waals surface area contributed by atoms with Crippen LogP contribution in [0.25, 0.3) is 0 Å². The van der Waals surface area contributed by atoms with Crippen LogP contribution in [0, 0.1) is 6.92 Å². The van der Waals surface area contributed by atoms with E-state index in [4.69, 9.17) is 15.3 Å². The van der Waals surface area contributed by atoms with Crippen LogP contribution in [0.2, 0.25) is 0 Å². The van der Waals surface area contributed by atoms with Crippen molar-refractivity contribution in [1.82, 2.24) is 10.3 Å². The highest BCUT2D eigenvalue weighted by molar-refractivity contribution is 5.91. The fraction of sp³-hybridized carbons (Fsp3) is 0.333. The molecule has 0 aliphatic heterocycles. The molecule has 4 N–H and O–H groups in total. The average Bonchev–Trinajstić information content (AvgIpc) is 2.98. The first-order valence-electron chi connectivity index (χ1n) is 6.75. The number of oxazole rings is 1. The second-order valence-electron chi connectivity index (χ2n) is 4.85. The van der Waals surface area contributed by atoms with Crippen molar-refractivity contribution in [3.8, 4) is 0 Å². The van der Waals surface area contributed by atoms with E-state index in [-0.39, 0.29) is 24.1 Å². The standard InChI is InChI=1S/C15H19N3O3/c1-10-2-4-11(5-3-10)6-7-17-14(20)13-9-21-15(18-13)12(16)8-19/h2-5,9,12,19H,6-8,16H2,1H3,(H,17,20). The summed E-state index contributed by atoms with van der Waals surface area (Å²) in [6.07, 6.45) is 1.99. The molecule has 2 rings (SSSR count). The van der Waals surface area contributed by atoms with Gasteiger partial charge in [-0.25, -0.2) is 4.98 Å². The third-order valence-corrected chi connectivity index (χ3v) is 3.09. The molecular weight excluding hydrogens is 270 g/mol. The lowest BCUT2D eigenvalue weighted by molar-refractivity contribution is 0.0949. The van der Waals surface area contributed by atoms with Crippen molar-refractivity contribution in [2.75, 3.05) is 13.2 Å². The molecule has 6 heteroatoms. The van der Waals surface area contributed by atoms with Gasteiger partial charge in [0.2, 0.25) is 5.89 Å². The summed E-state index contributed by atoms with van der Waals surface area (Å²) in [7, 11) is 0. The maximum atomic E-state index is 11.9. The summed E-state index contributed by atoms with van der Waals surface area (Å²) in [6, 6.07) is 7.44. The molecule has 0 aliphatic carbocycles. The molecule has 0 fully saturated rings. The zero-order valence-corrected chi connectivity index (χ0v) is 11.9. The zero-order chi connectivity index (χ0) is 15.2. The number of aliphatic hydroxyl groups is 1. The normalized spacial score (nSPS) is 12.1. The molecule has 1 atom stereocenters. The van der Waals surface area contributed by atoms with Gasteiger partial charge in [-0.2, -0.15) is 0 Å². The van der Waals surface area contributed by atoms with Crippen LogP contribution in [0.3, 0.4) is 0 Å². The number of aromatic nitrogens is 1. The number of hydrogen-bond donors (Lipinski definition) is 3. The zero-order valence-electron chi connectivity index (χ0n) is 11.9. The lowest BCUT2D eigenvalue weighted by atomic mass is 10.1. The van der Waals surface area contributed by atoms with Crippen molar-refractivity contribution in [3.05, 3.63) is 53.2 Å². The van der Waals surface area contributed by atoms with Crippen molar-refractivity contribution < 1.29 is 14.3 Å². The number of aryl methyl sites for hydroxylation is 1. The van der Waals surface area contributed by atoms with Crippen LogP contribution in [0.15, 0.2) is 34.9 Å². The lowest BCUT2D eigenvalue weighted by Crippen LogP contribution is -2.26. The van der Waals surface area contributed by atoms with Crippen LogP contribution in [0.1, 0.15) is 33.5 Å². The molecule has 0 spiro atoms. The van der Waals surface area contributed by atoms with Crippen molar-refractivity contribution in [2.24, 2.45) is 5.73 Å². The molecule has 2 aromatic rings. The third-order valence-electron chi connectivity index (χ3n) is 3.09. The van der Waals surface area contributed by atoms with Crippen molar-refractivity contribution >= 4 is 5.91 Å². The van der Waals surface area contributed by atoms with Crippen LogP contribution < -0.4 is 11.1 Å². The molecule has 6 nitrogen and oxygen atoms in total. The van der Waals surface area contributed by atoms with Gasteiger partial charge in [-0.15, -0.1) is 0 Å². The molecule has 1 amide bonds. The van der Waals surface area contributed by atoms with Gasteiger partial charge >= 0.3 is 0 Å². The number of aliphatic hydroxyl groups excluding tert-OH is 1. The summed E-state index contributed by atoms with van der Waals surface area (Å²) in [4.78, 5) is 15.8. The summed E-state index contributed by atoms with van der Waals surface area (Å²) in [6.45, 7) is 2.26. The van der Waals surface area contributed by atoms with E-state index >= 15 is 0 Å². The van der Waals surface area contributed by atoms with Gasteiger partial charge in [-0.05, 0) is 18.9 Å². The second-order valence-corrected chi connectivity index (χ2v) is 4.85. The Hall–Kier alpha value is -2.18. The summed E-state index contributed by atoms with van der Waals surface area (Å²) >= 11 is 0. The summed E-state index contributed by atoms with van der Waals surface area (Å²) in [5.74, 6) is -0.163.